The summed E-state index contributed by atoms with van der Waals surface area (Å²) in [5.41, 5.74) is 0. The van der Waals surface area contributed by atoms with Crippen molar-refractivity contribution in [2.45, 2.75) is 38.0 Å². The van der Waals surface area contributed by atoms with E-state index in [0.717, 1.165) is 12.8 Å². The van der Waals surface area contributed by atoms with E-state index in [-0.39, 0.29) is 0 Å². The van der Waals surface area contributed by atoms with Crippen LogP contribution in [0.3, 0.4) is 0 Å². The van der Waals surface area contributed by atoms with Crippen molar-refractivity contribution in [1.82, 2.24) is 0 Å². The van der Waals surface area contributed by atoms with Gasteiger partial charge in [-0.3, -0.25) is 4.79 Å². The van der Waals surface area contributed by atoms with E-state index in [4.69, 9.17) is 0 Å². The van der Waals surface area contributed by atoms with Crippen molar-refractivity contribution >= 4 is 17.4 Å². The fourth-order valence-corrected chi connectivity index (χ4v) is 1.91. The third-order valence-electron chi connectivity index (χ3n) is 2.67. The SMILES string of the molecule is CC1CCC(C(=O)C(F)(F)Cl)CC1. The van der Waals surface area contributed by atoms with Crippen LogP contribution in [0.5, 0.6) is 0 Å². The Labute approximate surface area is 81.4 Å². The molecular weight excluding hydrogens is 198 g/mol. The van der Waals surface area contributed by atoms with Gasteiger partial charge in [-0.2, -0.15) is 8.78 Å². The standard InChI is InChI=1S/C9H13ClF2O/c1-6-2-4-7(5-3-6)8(13)9(10,11)12/h6-7H,2-5H2,1H3. The topological polar surface area (TPSA) is 17.1 Å². The molecule has 4 heteroatoms. The van der Waals surface area contributed by atoms with Crippen LogP contribution in [-0.2, 0) is 4.79 Å². The van der Waals surface area contributed by atoms with Crippen LogP contribution in [0, 0.1) is 11.8 Å². The predicted molar refractivity (Wildman–Crippen MR) is 46.9 cm³/mol. The monoisotopic (exact) mass is 210 g/mol. The molecule has 0 unspecified atom stereocenters. The van der Waals surface area contributed by atoms with E-state index in [1.165, 1.54) is 0 Å². The molecule has 0 aromatic carbocycles. The number of rotatable bonds is 2. The van der Waals surface area contributed by atoms with Gasteiger partial charge in [0.2, 0.25) is 5.78 Å². The Kier molecular flexibility index (Phi) is 3.28. The van der Waals surface area contributed by atoms with Crippen molar-refractivity contribution in [3.05, 3.63) is 0 Å². The molecular formula is C9H13ClF2O. The lowest BCUT2D eigenvalue weighted by Gasteiger charge is -2.25. The number of Topliss-reactive ketones (excluding diaryl/α,β-unsaturated/α-hetero) is 1. The first-order valence-electron chi connectivity index (χ1n) is 4.52. The van der Waals surface area contributed by atoms with Gasteiger partial charge >= 0.3 is 5.38 Å². The molecule has 1 nitrogen and oxygen atoms in total. The molecule has 0 saturated heterocycles. The van der Waals surface area contributed by atoms with Gasteiger partial charge in [-0.1, -0.05) is 19.8 Å². The molecule has 0 aliphatic heterocycles. The zero-order chi connectivity index (χ0) is 10.1. The third-order valence-corrected chi connectivity index (χ3v) is 2.85. The van der Waals surface area contributed by atoms with Gasteiger partial charge in [-0.25, -0.2) is 0 Å². The van der Waals surface area contributed by atoms with E-state index in [0.29, 0.717) is 18.8 Å². The summed E-state index contributed by atoms with van der Waals surface area (Å²) in [5.74, 6) is -1.07. The molecule has 0 aromatic heterocycles. The highest BCUT2D eigenvalue weighted by atomic mass is 35.5. The summed E-state index contributed by atoms with van der Waals surface area (Å²) in [6, 6.07) is 0. The van der Waals surface area contributed by atoms with E-state index in [1.54, 1.807) is 0 Å². The molecule has 0 bridgehead atoms. The van der Waals surface area contributed by atoms with Gasteiger partial charge in [-0.05, 0) is 30.4 Å². The van der Waals surface area contributed by atoms with Crippen LogP contribution in [0.15, 0.2) is 0 Å². The average molecular weight is 211 g/mol. The number of hydrogen-bond donors (Lipinski definition) is 0. The first kappa shape index (κ1) is 10.9. The molecule has 0 heterocycles. The normalized spacial score (nSPS) is 30.2. The highest BCUT2D eigenvalue weighted by Crippen LogP contribution is 2.34. The largest absolute Gasteiger partial charge is 0.380 e. The van der Waals surface area contributed by atoms with Gasteiger partial charge in [-0.15, -0.1) is 0 Å². The highest BCUT2D eigenvalue weighted by Gasteiger charge is 2.41. The van der Waals surface area contributed by atoms with Gasteiger partial charge in [0.25, 0.3) is 0 Å². The van der Waals surface area contributed by atoms with Crippen LogP contribution in [0.1, 0.15) is 32.6 Å². The Hall–Kier alpha value is -0.180. The zero-order valence-electron chi connectivity index (χ0n) is 7.53. The second-order valence-electron chi connectivity index (χ2n) is 3.82. The lowest BCUT2D eigenvalue weighted by atomic mass is 9.81. The molecule has 0 amide bonds. The first-order chi connectivity index (χ1) is 5.91. The van der Waals surface area contributed by atoms with Crippen LogP contribution in [-0.4, -0.2) is 11.2 Å². The summed E-state index contributed by atoms with van der Waals surface area (Å²) in [4.78, 5) is 11.0. The van der Waals surface area contributed by atoms with E-state index < -0.39 is 17.1 Å². The van der Waals surface area contributed by atoms with Gasteiger partial charge < -0.3 is 0 Å². The molecule has 0 radical (unpaired) electrons. The molecule has 1 aliphatic rings. The maximum atomic E-state index is 12.4. The number of ketones is 1. The molecule has 13 heavy (non-hydrogen) atoms. The number of carbonyl (C=O) groups is 1. The third kappa shape index (κ3) is 2.90. The molecule has 1 saturated carbocycles. The number of carbonyl (C=O) groups excluding carboxylic acids is 1. The zero-order valence-corrected chi connectivity index (χ0v) is 8.28. The number of hydrogen-bond acceptors (Lipinski definition) is 1. The van der Waals surface area contributed by atoms with Crippen molar-refractivity contribution in [3.8, 4) is 0 Å². The van der Waals surface area contributed by atoms with Crippen LogP contribution in [0.4, 0.5) is 8.78 Å². The van der Waals surface area contributed by atoms with Crippen LogP contribution in [0.2, 0.25) is 0 Å². The summed E-state index contributed by atoms with van der Waals surface area (Å²) in [6.45, 7) is 2.07. The van der Waals surface area contributed by atoms with Crippen molar-refractivity contribution in [2.24, 2.45) is 11.8 Å². The van der Waals surface area contributed by atoms with Crippen molar-refractivity contribution in [1.29, 1.82) is 0 Å². The maximum Gasteiger partial charge on any atom is 0.380 e. The van der Waals surface area contributed by atoms with Crippen molar-refractivity contribution < 1.29 is 13.6 Å². The number of halogens is 3. The fraction of sp³-hybridized carbons (Fsp3) is 0.889. The molecule has 1 rings (SSSR count). The minimum atomic E-state index is -3.66. The Morgan fingerprint density at radius 3 is 2.15 bits per heavy atom. The van der Waals surface area contributed by atoms with E-state index in [9.17, 15) is 13.6 Å². The Morgan fingerprint density at radius 2 is 1.77 bits per heavy atom. The fourth-order valence-electron chi connectivity index (χ4n) is 1.75. The first-order valence-corrected chi connectivity index (χ1v) is 4.90. The van der Waals surface area contributed by atoms with Gasteiger partial charge in [0.15, 0.2) is 0 Å². The van der Waals surface area contributed by atoms with Gasteiger partial charge in [0.1, 0.15) is 0 Å². The summed E-state index contributed by atoms with van der Waals surface area (Å²) >= 11 is 4.67. The Balaban J connectivity index is 2.50. The van der Waals surface area contributed by atoms with E-state index >= 15 is 0 Å². The second kappa shape index (κ2) is 3.91. The smallest absolute Gasteiger partial charge is 0.291 e. The van der Waals surface area contributed by atoms with Crippen LogP contribution in [0.25, 0.3) is 0 Å². The minimum absolute atomic E-state index is 0.524. The molecule has 0 N–H and O–H groups in total. The molecule has 0 aromatic rings. The van der Waals surface area contributed by atoms with E-state index in [2.05, 4.69) is 18.5 Å². The van der Waals surface area contributed by atoms with Crippen molar-refractivity contribution in [3.63, 3.8) is 0 Å². The lowest BCUT2D eigenvalue weighted by molar-refractivity contribution is -0.138. The van der Waals surface area contributed by atoms with Crippen molar-refractivity contribution in [2.75, 3.05) is 0 Å². The number of alkyl halides is 3. The molecule has 0 spiro atoms. The summed E-state index contributed by atoms with van der Waals surface area (Å²) in [7, 11) is 0. The maximum absolute atomic E-state index is 12.4. The van der Waals surface area contributed by atoms with Crippen LogP contribution < -0.4 is 0 Å². The van der Waals surface area contributed by atoms with E-state index in [1.807, 2.05) is 0 Å². The molecule has 0 atom stereocenters. The second-order valence-corrected chi connectivity index (χ2v) is 4.29. The van der Waals surface area contributed by atoms with Gasteiger partial charge in [0, 0.05) is 5.92 Å². The summed E-state index contributed by atoms with van der Waals surface area (Å²) in [5, 5.41) is -3.66. The summed E-state index contributed by atoms with van der Waals surface area (Å²) in [6.07, 6.45) is 2.82. The quantitative estimate of drug-likeness (QED) is 0.640. The molecule has 1 aliphatic carbocycles. The molecule has 1 fully saturated rings. The van der Waals surface area contributed by atoms with Gasteiger partial charge in [0.05, 0.1) is 0 Å². The minimum Gasteiger partial charge on any atom is -0.291 e. The Morgan fingerprint density at radius 1 is 1.31 bits per heavy atom. The Bertz CT molecular complexity index is 192. The van der Waals surface area contributed by atoms with Crippen LogP contribution >= 0.6 is 11.6 Å². The predicted octanol–water partition coefficient (Wildman–Crippen LogP) is 3.21. The summed E-state index contributed by atoms with van der Waals surface area (Å²) < 4.78 is 24.8. The highest BCUT2D eigenvalue weighted by molar-refractivity contribution is 6.32. The molecule has 76 valence electrons. The average Bonchev–Trinajstić information content (AvgIpc) is 2.03. The lowest BCUT2D eigenvalue weighted by Crippen LogP contribution is -2.31.